The molecule has 1 aliphatic heterocycles. The number of benzene rings is 2. The average Bonchev–Trinajstić information content (AvgIpc) is 2.92. The number of hydrogen-bond acceptors (Lipinski definition) is 5. The molecule has 1 N–H and O–H groups in total. The van der Waals surface area contributed by atoms with Gasteiger partial charge in [-0.1, -0.05) is 30.0 Å². The first kappa shape index (κ1) is 17.1. The Morgan fingerprint density at radius 3 is 2.64 bits per heavy atom. The van der Waals surface area contributed by atoms with Gasteiger partial charge in [-0.3, -0.25) is 4.79 Å². The van der Waals surface area contributed by atoms with E-state index in [0.29, 0.717) is 22.0 Å². The molecule has 0 bridgehead atoms. The number of thioether (sulfide) groups is 1. The summed E-state index contributed by atoms with van der Waals surface area (Å²) in [6, 6.07) is 12.6. The Morgan fingerprint density at radius 2 is 1.96 bits per heavy atom. The van der Waals surface area contributed by atoms with Gasteiger partial charge in [0.25, 0.3) is 0 Å². The fourth-order valence-electron chi connectivity index (χ4n) is 2.40. The van der Waals surface area contributed by atoms with Gasteiger partial charge in [0.1, 0.15) is 0 Å². The minimum absolute atomic E-state index is 0.000562. The predicted octanol–water partition coefficient (Wildman–Crippen LogP) is 3.88. The number of ketones is 1. The van der Waals surface area contributed by atoms with E-state index in [1.165, 1.54) is 25.8 Å². The molecule has 1 unspecified atom stereocenters. The van der Waals surface area contributed by atoms with Gasteiger partial charge in [0, 0.05) is 10.5 Å². The van der Waals surface area contributed by atoms with Gasteiger partial charge in [-0.25, -0.2) is 4.79 Å². The van der Waals surface area contributed by atoms with Crippen LogP contribution in [0.3, 0.4) is 0 Å². The third-order valence-electron chi connectivity index (χ3n) is 3.71. The Hall–Kier alpha value is -2.73. The second kappa shape index (κ2) is 7.03. The first-order valence-electron chi connectivity index (χ1n) is 7.60. The number of allylic oxidation sites excluding steroid dienone is 1. The molecule has 0 fully saturated rings. The highest BCUT2D eigenvalue weighted by Gasteiger charge is 2.25. The average molecular weight is 356 g/mol. The van der Waals surface area contributed by atoms with Gasteiger partial charge in [-0.05, 0) is 42.8 Å². The number of ether oxygens (including phenoxy) is 2. The number of aliphatic carboxylic acids is 1. The highest BCUT2D eigenvalue weighted by molar-refractivity contribution is 8.04. The van der Waals surface area contributed by atoms with Crippen molar-refractivity contribution in [3.8, 4) is 11.5 Å². The van der Waals surface area contributed by atoms with Crippen LogP contribution in [0.4, 0.5) is 0 Å². The Kier molecular flexibility index (Phi) is 4.81. The maximum atomic E-state index is 12.4. The van der Waals surface area contributed by atoms with E-state index in [1.807, 2.05) is 24.3 Å². The number of Topliss-reactive ketones (excluding diaryl/α,β-unsaturated/α-hetero) is 1. The zero-order valence-electron chi connectivity index (χ0n) is 13.7. The van der Waals surface area contributed by atoms with E-state index >= 15 is 0 Å². The molecule has 2 aromatic rings. The molecule has 5 nitrogen and oxygen atoms in total. The molecule has 0 amide bonds. The molecule has 0 aromatic heterocycles. The molecule has 1 atom stereocenters. The number of fused-ring (bicyclic) bond motifs is 1. The first-order chi connectivity index (χ1) is 12.0. The third-order valence-corrected chi connectivity index (χ3v) is 4.81. The molecule has 1 aliphatic rings. The lowest BCUT2D eigenvalue weighted by Gasteiger charge is -2.14. The van der Waals surface area contributed by atoms with Crippen LogP contribution < -0.4 is 9.47 Å². The lowest BCUT2D eigenvalue weighted by atomic mass is 10.1. The lowest BCUT2D eigenvalue weighted by Crippen LogP contribution is -2.23. The van der Waals surface area contributed by atoms with Crippen molar-refractivity contribution >= 4 is 29.6 Å². The zero-order chi connectivity index (χ0) is 18.0. The smallest absolute Gasteiger partial charge is 0.344 e. The van der Waals surface area contributed by atoms with E-state index in [2.05, 4.69) is 0 Å². The van der Waals surface area contributed by atoms with E-state index in [0.717, 1.165) is 10.5 Å². The van der Waals surface area contributed by atoms with E-state index in [4.69, 9.17) is 14.6 Å². The van der Waals surface area contributed by atoms with Gasteiger partial charge < -0.3 is 14.6 Å². The third kappa shape index (κ3) is 3.53. The van der Waals surface area contributed by atoms with E-state index in [-0.39, 0.29) is 5.78 Å². The molecule has 2 aromatic carbocycles. The highest BCUT2D eigenvalue weighted by atomic mass is 32.2. The Balaban J connectivity index is 1.87. The summed E-state index contributed by atoms with van der Waals surface area (Å²) in [5.74, 6) is -0.304. The minimum Gasteiger partial charge on any atom is -0.493 e. The summed E-state index contributed by atoms with van der Waals surface area (Å²) in [5, 5.41) is 8.95. The van der Waals surface area contributed by atoms with Gasteiger partial charge in [-0.2, -0.15) is 0 Å². The largest absolute Gasteiger partial charge is 0.493 e. The van der Waals surface area contributed by atoms with Crippen molar-refractivity contribution in [3.05, 3.63) is 58.5 Å². The van der Waals surface area contributed by atoms with Crippen molar-refractivity contribution in [2.24, 2.45) is 0 Å². The molecule has 1 heterocycles. The number of carbonyl (C=O) groups excluding carboxylic acids is 1. The first-order valence-corrected chi connectivity index (χ1v) is 8.42. The predicted molar refractivity (Wildman–Crippen MR) is 95.3 cm³/mol. The van der Waals surface area contributed by atoms with Crippen LogP contribution >= 0.6 is 11.8 Å². The summed E-state index contributed by atoms with van der Waals surface area (Å²) in [7, 11) is 1.48. The Morgan fingerprint density at radius 1 is 1.20 bits per heavy atom. The second-order valence-corrected chi connectivity index (χ2v) is 6.53. The van der Waals surface area contributed by atoms with Gasteiger partial charge >= 0.3 is 5.97 Å². The topological polar surface area (TPSA) is 72.8 Å². The van der Waals surface area contributed by atoms with E-state index in [9.17, 15) is 9.59 Å². The molecular weight excluding hydrogens is 340 g/mol. The summed E-state index contributed by atoms with van der Waals surface area (Å²) in [6.07, 6.45) is 0.805. The van der Waals surface area contributed by atoms with Crippen molar-refractivity contribution in [1.82, 2.24) is 0 Å². The number of carbonyl (C=O) groups is 2. The van der Waals surface area contributed by atoms with Crippen LogP contribution in [0, 0.1) is 0 Å². The summed E-state index contributed by atoms with van der Waals surface area (Å²) in [4.78, 5) is 24.9. The van der Waals surface area contributed by atoms with Crippen molar-refractivity contribution in [2.75, 3.05) is 7.11 Å². The lowest BCUT2D eigenvalue weighted by molar-refractivity contribution is -0.144. The Bertz CT molecular complexity index is 872. The van der Waals surface area contributed by atoms with Gasteiger partial charge in [0.15, 0.2) is 17.6 Å². The summed E-state index contributed by atoms with van der Waals surface area (Å²) < 4.78 is 10.7. The van der Waals surface area contributed by atoms with Crippen LogP contribution in [0.5, 0.6) is 11.5 Å². The van der Waals surface area contributed by atoms with Gasteiger partial charge in [-0.15, -0.1) is 0 Å². The van der Waals surface area contributed by atoms with Crippen LogP contribution in [0.25, 0.3) is 6.08 Å². The van der Waals surface area contributed by atoms with Crippen LogP contribution in [-0.2, 0) is 4.79 Å². The van der Waals surface area contributed by atoms with Crippen LogP contribution in [0.15, 0.2) is 52.3 Å². The molecule has 0 saturated carbocycles. The number of rotatable bonds is 5. The summed E-state index contributed by atoms with van der Waals surface area (Å²) in [6.45, 7) is 1.45. The SMILES string of the molecule is COc1cc(/C=C2\Sc3ccccc3C2=O)ccc1OC(C)C(=O)O. The van der Waals surface area contributed by atoms with Crippen molar-refractivity contribution in [2.45, 2.75) is 17.9 Å². The zero-order valence-corrected chi connectivity index (χ0v) is 14.5. The number of carboxylic acid groups (broad SMARTS) is 1. The maximum absolute atomic E-state index is 12.4. The molecule has 0 aliphatic carbocycles. The molecule has 6 heteroatoms. The van der Waals surface area contributed by atoms with Crippen molar-refractivity contribution in [1.29, 1.82) is 0 Å². The normalized spacial score (nSPS) is 15.8. The van der Waals surface area contributed by atoms with E-state index in [1.54, 1.807) is 24.3 Å². The fourth-order valence-corrected chi connectivity index (χ4v) is 3.45. The molecule has 0 radical (unpaired) electrons. The molecular formula is C19H16O5S. The molecule has 0 saturated heterocycles. The minimum atomic E-state index is -1.06. The second-order valence-electron chi connectivity index (χ2n) is 5.44. The standard InChI is InChI=1S/C19H16O5S/c1-11(19(21)22)24-14-8-7-12(9-15(14)23-2)10-17-18(20)13-5-3-4-6-16(13)25-17/h3-11H,1-2H3,(H,21,22)/b17-10-. The number of hydrogen-bond donors (Lipinski definition) is 1. The summed E-state index contributed by atoms with van der Waals surface area (Å²) >= 11 is 1.43. The van der Waals surface area contributed by atoms with Crippen LogP contribution in [0.2, 0.25) is 0 Å². The Labute approximate surface area is 149 Å². The van der Waals surface area contributed by atoms with Gasteiger partial charge in [0.2, 0.25) is 5.78 Å². The van der Waals surface area contributed by atoms with Crippen molar-refractivity contribution < 1.29 is 24.2 Å². The highest BCUT2D eigenvalue weighted by Crippen LogP contribution is 2.41. The molecule has 0 spiro atoms. The van der Waals surface area contributed by atoms with Crippen LogP contribution in [0.1, 0.15) is 22.8 Å². The van der Waals surface area contributed by atoms with E-state index < -0.39 is 12.1 Å². The van der Waals surface area contributed by atoms with Crippen LogP contribution in [-0.4, -0.2) is 30.1 Å². The molecule has 3 rings (SSSR count). The quantitative estimate of drug-likeness (QED) is 0.820. The molecule has 25 heavy (non-hydrogen) atoms. The number of methoxy groups -OCH3 is 1. The maximum Gasteiger partial charge on any atom is 0.344 e. The fraction of sp³-hybridized carbons (Fsp3) is 0.158. The summed E-state index contributed by atoms with van der Waals surface area (Å²) in [5.41, 5.74) is 1.48. The number of carboxylic acids is 1. The van der Waals surface area contributed by atoms with Crippen molar-refractivity contribution in [3.63, 3.8) is 0 Å². The monoisotopic (exact) mass is 356 g/mol. The molecule has 128 valence electrons. The van der Waals surface area contributed by atoms with Gasteiger partial charge in [0.05, 0.1) is 12.0 Å².